The van der Waals surface area contributed by atoms with Gasteiger partial charge in [-0.2, -0.15) is 0 Å². The van der Waals surface area contributed by atoms with Crippen LogP contribution in [0.3, 0.4) is 0 Å². The van der Waals surface area contributed by atoms with E-state index >= 15 is 0 Å². The number of anilines is 1. The molecule has 130 valence electrons. The number of fused-ring (bicyclic) bond motifs is 1. The van der Waals surface area contributed by atoms with Crippen molar-refractivity contribution in [2.75, 3.05) is 4.90 Å². The molecule has 1 aliphatic rings. The van der Waals surface area contributed by atoms with Gasteiger partial charge in [0, 0.05) is 17.5 Å². The van der Waals surface area contributed by atoms with Gasteiger partial charge in [-0.15, -0.1) is 0 Å². The number of hydrogen-bond donors (Lipinski definition) is 0. The number of carbonyl (C=O) groups excluding carboxylic acids is 2. The molecule has 1 atom stereocenters. The van der Waals surface area contributed by atoms with Crippen LogP contribution >= 0.6 is 11.8 Å². The summed E-state index contributed by atoms with van der Waals surface area (Å²) >= 11 is 1.26. The highest BCUT2D eigenvalue weighted by Gasteiger charge is 2.40. The zero-order valence-electron chi connectivity index (χ0n) is 14.5. The van der Waals surface area contributed by atoms with Crippen molar-refractivity contribution in [3.8, 4) is 0 Å². The van der Waals surface area contributed by atoms with Crippen LogP contribution in [-0.4, -0.2) is 27.0 Å². The minimum atomic E-state index is -0.495. The molecule has 0 unspecified atom stereocenters. The second kappa shape index (κ2) is 6.53. The molecule has 4 rings (SSSR count). The monoisotopic (exact) mass is 363 g/mol. The minimum Gasteiger partial charge on any atom is -0.274 e. The third-order valence-electron chi connectivity index (χ3n) is 4.39. The first-order valence-electron chi connectivity index (χ1n) is 8.36. The normalized spacial score (nSPS) is 17.3. The predicted octanol–water partition coefficient (Wildman–Crippen LogP) is 3.67. The lowest BCUT2D eigenvalue weighted by Gasteiger charge is -2.14. The first kappa shape index (κ1) is 16.7. The van der Waals surface area contributed by atoms with Crippen molar-refractivity contribution < 1.29 is 9.59 Å². The smallest absolute Gasteiger partial charge is 0.247 e. The molecular formula is C20H17N3O2S. The fourth-order valence-corrected chi connectivity index (χ4v) is 4.12. The SMILES string of the molecule is Cc1ccc2nc(S[C@@H]3CC(=O)N(c4ccccc4)C3=O)nc(C)c2c1. The molecule has 0 bridgehead atoms. The van der Waals surface area contributed by atoms with E-state index in [1.165, 1.54) is 16.7 Å². The van der Waals surface area contributed by atoms with Crippen LogP contribution in [-0.2, 0) is 9.59 Å². The Morgan fingerprint density at radius 2 is 1.81 bits per heavy atom. The van der Waals surface area contributed by atoms with Crippen LogP contribution in [0.15, 0.2) is 53.7 Å². The van der Waals surface area contributed by atoms with Crippen LogP contribution < -0.4 is 4.90 Å². The van der Waals surface area contributed by atoms with Gasteiger partial charge in [0.25, 0.3) is 0 Å². The van der Waals surface area contributed by atoms with Crippen LogP contribution in [0.5, 0.6) is 0 Å². The summed E-state index contributed by atoms with van der Waals surface area (Å²) in [5.74, 6) is -0.400. The molecule has 0 radical (unpaired) electrons. The number of aromatic nitrogens is 2. The van der Waals surface area contributed by atoms with E-state index in [0.717, 1.165) is 22.2 Å². The molecule has 1 aromatic heterocycles. The number of rotatable bonds is 3. The Kier molecular flexibility index (Phi) is 4.20. The van der Waals surface area contributed by atoms with Gasteiger partial charge >= 0.3 is 0 Å². The van der Waals surface area contributed by atoms with Gasteiger partial charge in [-0.05, 0) is 38.1 Å². The third kappa shape index (κ3) is 2.97. The number of amides is 2. The third-order valence-corrected chi connectivity index (χ3v) is 5.43. The summed E-state index contributed by atoms with van der Waals surface area (Å²) in [6.45, 7) is 3.97. The number of nitrogens with zero attached hydrogens (tertiary/aromatic N) is 3. The summed E-state index contributed by atoms with van der Waals surface area (Å²) in [7, 11) is 0. The van der Waals surface area contributed by atoms with Gasteiger partial charge in [-0.3, -0.25) is 9.59 Å². The van der Waals surface area contributed by atoms with Crippen LogP contribution in [0, 0.1) is 13.8 Å². The Morgan fingerprint density at radius 1 is 1.04 bits per heavy atom. The molecule has 2 heterocycles. The number of para-hydroxylation sites is 1. The molecule has 2 amide bonds. The van der Waals surface area contributed by atoms with E-state index in [9.17, 15) is 9.59 Å². The van der Waals surface area contributed by atoms with Crippen LogP contribution in [0.25, 0.3) is 10.9 Å². The number of benzene rings is 2. The number of imide groups is 1. The van der Waals surface area contributed by atoms with Gasteiger partial charge in [-0.25, -0.2) is 14.9 Å². The Hall–Kier alpha value is -2.73. The van der Waals surface area contributed by atoms with Gasteiger partial charge in [-0.1, -0.05) is 41.6 Å². The molecule has 0 spiro atoms. The average Bonchev–Trinajstić information content (AvgIpc) is 2.90. The minimum absolute atomic E-state index is 0.159. The lowest BCUT2D eigenvalue weighted by atomic mass is 10.1. The molecule has 0 saturated carbocycles. The number of hydrogen-bond acceptors (Lipinski definition) is 5. The number of thioether (sulfide) groups is 1. The largest absolute Gasteiger partial charge is 0.274 e. The van der Waals surface area contributed by atoms with Gasteiger partial charge in [0.2, 0.25) is 11.8 Å². The molecule has 5 nitrogen and oxygen atoms in total. The second-order valence-electron chi connectivity index (χ2n) is 6.33. The molecule has 1 saturated heterocycles. The van der Waals surface area contributed by atoms with Gasteiger partial charge in [0.15, 0.2) is 5.16 Å². The van der Waals surface area contributed by atoms with Gasteiger partial charge in [0.1, 0.15) is 5.25 Å². The lowest BCUT2D eigenvalue weighted by Crippen LogP contribution is -2.31. The van der Waals surface area contributed by atoms with Crippen LogP contribution in [0.4, 0.5) is 5.69 Å². The summed E-state index contributed by atoms with van der Waals surface area (Å²) in [5.41, 5.74) is 3.48. The zero-order chi connectivity index (χ0) is 18.3. The summed E-state index contributed by atoms with van der Waals surface area (Å²) < 4.78 is 0. The van der Waals surface area contributed by atoms with E-state index in [1.807, 2.05) is 44.2 Å². The van der Waals surface area contributed by atoms with E-state index in [1.54, 1.807) is 12.1 Å². The highest BCUT2D eigenvalue weighted by molar-refractivity contribution is 8.00. The van der Waals surface area contributed by atoms with Crippen molar-refractivity contribution in [1.29, 1.82) is 0 Å². The molecular weight excluding hydrogens is 346 g/mol. The zero-order valence-corrected chi connectivity index (χ0v) is 15.3. The molecule has 6 heteroatoms. The van der Waals surface area contributed by atoms with Crippen molar-refractivity contribution in [3.63, 3.8) is 0 Å². The highest BCUT2D eigenvalue weighted by Crippen LogP contribution is 2.33. The summed E-state index contributed by atoms with van der Waals surface area (Å²) in [5, 5.41) is 1.04. The maximum Gasteiger partial charge on any atom is 0.247 e. The van der Waals surface area contributed by atoms with E-state index in [0.29, 0.717) is 10.8 Å². The summed E-state index contributed by atoms with van der Waals surface area (Å²) in [4.78, 5) is 35.5. The first-order chi connectivity index (χ1) is 12.5. The second-order valence-corrected chi connectivity index (χ2v) is 7.50. The predicted molar refractivity (Wildman–Crippen MR) is 102 cm³/mol. The fourth-order valence-electron chi connectivity index (χ4n) is 3.09. The van der Waals surface area contributed by atoms with E-state index in [4.69, 9.17) is 0 Å². The quantitative estimate of drug-likeness (QED) is 0.525. The first-order valence-corrected chi connectivity index (χ1v) is 9.24. The van der Waals surface area contributed by atoms with Crippen LogP contribution in [0.1, 0.15) is 17.7 Å². The van der Waals surface area contributed by atoms with Crippen molar-refractivity contribution in [2.45, 2.75) is 30.7 Å². The standard InChI is InChI=1S/C20H17N3O2S/c1-12-8-9-16-15(10-12)13(2)21-20(22-16)26-17-11-18(24)23(19(17)25)14-6-4-3-5-7-14/h3-10,17H,11H2,1-2H3/t17-/m1/s1. The van der Waals surface area contributed by atoms with Crippen molar-refractivity contribution in [3.05, 3.63) is 59.8 Å². The van der Waals surface area contributed by atoms with Crippen molar-refractivity contribution >= 4 is 40.2 Å². The van der Waals surface area contributed by atoms with E-state index in [2.05, 4.69) is 16.0 Å². The Labute approximate surface area is 155 Å². The van der Waals surface area contributed by atoms with Crippen LogP contribution in [0.2, 0.25) is 0 Å². The van der Waals surface area contributed by atoms with E-state index in [-0.39, 0.29) is 18.2 Å². The fraction of sp³-hybridized carbons (Fsp3) is 0.200. The lowest BCUT2D eigenvalue weighted by molar-refractivity contribution is -0.121. The Bertz CT molecular complexity index is 1020. The number of aryl methyl sites for hydroxylation is 2. The highest BCUT2D eigenvalue weighted by atomic mass is 32.2. The molecule has 0 aliphatic carbocycles. The molecule has 26 heavy (non-hydrogen) atoms. The topological polar surface area (TPSA) is 63.2 Å². The summed E-state index contributed by atoms with van der Waals surface area (Å²) in [6, 6.07) is 15.0. The van der Waals surface area contributed by atoms with E-state index < -0.39 is 5.25 Å². The maximum absolute atomic E-state index is 12.7. The Morgan fingerprint density at radius 3 is 2.58 bits per heavy atom. The number of carbonyl (C=O) groups is 2. The molecule has 2 aromatic carbocycles. The van der Waals surface area contributed by atoms with Crippen molar-refractivity contribution in [2.24, 2.45) is 0 Å². The van der Waals surface area contributed by atoms with Crippen molar-refractivity contribution in [1.82, 2.24) is 9.97 Å². The van der Waals surface area contributed by atoms with Gasteiger partial charge in [0.05, 0.1) is 11.2 Å². The molecule has 1 fully saturated rings. The van der Waals surface area contributed by atoms with Gasteiger partial charge < -0.3 is 0 Å². The average molecular weight is 363 g/mol. The molecule has 0 N–H and O–H groups in total. The molecule has 1 aliphatic heterocycles. The molecule has 3 aromatic rings. The Balaban J connectivity index is 1.62. The maximum atomic E-state index is 12.7. The summed E-state index contributed by atoms with van der Waals surface area (Å²) in [6.07, 6.45) is 0.159.